The van der Waals surface area contributed by atoms with Crippen molar-refractivity contribution in [2.75, 3.05) is 13.1 Å². The van der Waals surface area contributed by atoms with Crippen LogP contribution in [0.2, 0.25) is 0 Å². The van der Waals surface area contributed by atoms with Crippen molar-refractivity contribution >= 4 is 5.91 Å². The monoisotopic (exact) mass is 208 g/mol. The van der Waals surface area contributed by atoms with E-state index in [1.807, 2.05) is 24.0 Å². The molecule has 84 valence electrons. The number of amides is 1. The summed E-state index contributed by atoms with van der Waals surface area (Å²) in [5.74, 6) is 0.572. The van der Waals surface area contributed by atoms with Crippen LogP contribution in [-0.2, 0) is 4.79 Å². The van der Waals surface area contributed by atoms with Gasteiger partial charge in [-0.2, -0.15) is 0 Å². The van der Waals surface area contributed by atoms with Gasteiger partial charge in [-0.15, -0.1) is 0 Å². The molecule has 1 heterocycles. The fourth-order valence-corrected chi connectivity index (χ4v) is 1.93. The van der Waals surface area contributed by atoms with Crippen LogP contribution in [0.25, 0.3) is 0 Å². The van der Waals surface area contributed by atoms with Crippen LogP contribution in [0.3, 0.4) is 0 Å². The van der Waals surface area contributed by atoms with Crippen LogP contribution < -0.4 is 5.73 Å². The van der Waals surface area contributed by atoms with Gasteiger partial charge in [-0.3, -0.25) is 4.79 Å². The molecule has 2 atom stereocenters. The molecule has 2 unspecified atom stereocenters. The van der Waals surface area contributed by atoms with Crippen molar-refractivity contribution in [3.05, 3.63) is 24.3 Å². The van der Waals surface area contributed by atoms with E-state index in [2.05, 4.69) is 6.92 Å². The molecule has 3 heteroatoms. The number of carbonyl (C=O) groups is 1. The molecule has 2 N–H and O–H groups in total. The van der Waals surface area contributed by atoms with E-state index >= 15 is 0 Å². The maximum atomic E-state index is 11.7. The smallest absolute Gasteiger partial charge is 0.246 e. The lowest BCUT2D eigenvalue weighted by atomic mass is 9.96. The number of piperidine rings is 1. The van der Waals surface area contributed by atoms with Crippen molar-refractivity contribution < 1.29 is 4.79 Å². The number of allylic oxidation sites excluding steroid dienone is 3. The fraction of sp³-hybridized carbons (Fsp3) is 0.583. The van der Waals surface area contributed by atoms with Crippen molar-refractivity contribution in [2.24, 2.45) is 11.7 Å². The molecule has 0 aromatic carbocycles. The topological polar surface area (TPSA) is 46.3 Å². The first-order valence-electron chi connectivity index (χ1n) is 5.47. The molecule has 0 radical (unpaired) electrons. The largest absolute Gasteiger partial charge is 0.337 e. The number of likely N-dealkylation sites (tertiary alicyclic amines) is 1. The zero-order valence-electron chi connectivity index (χ0n) is 9.52. The number of hydrogen-bond donors (Lipinski definition) is 1. The first-order valence-corrected chi connectivity index (χ1v) is 5.47. The first kappa shape index (κ1) is 12.0. The number of nitrogens with zero attached hydrogens (tertiary/aromatic N) is 1. The molecule has 1 amide bonds. The Hall–Kier alpha value is -1.09. The summed E-state index contributed by atoms with van der Waals surface area (Å²) in [5, 5.41) is 0. The summed E-state index contributed by atoms with van der Waals surface area (Å²) in [6.07, 6.45) is 8.14. The van der Waals surface area contributed by atoms with E-state index < -0.39 is 0 Å². The lowest BCUT2D eigenvalue weighted by Gasteiger charge is -2.34. The molecule has 0 spiro atoms. The molecular formula is C12H20N2O. The van der Waals surface area contributed by atoms with Crippen LogP contribution in [0.15, 0.2) is 24.3 Å². The van der Waals surface area contributed by atoms with E-state index in [4.69, 9.17) is 5.73 Å². The SMILES string of the molecule is CC=CC=CC(=O)N1CC(C)CC(N)C1. The van der Waals surface area contributed by atoms with E-state index in [1.54, 1.807) is 12.2 Å². The Bertz CT molecular complexity index is 261. The van der Waals surface area contributed by atoms with E-state index in [0.717, 1.165) is 13.0 Å². The average molecular weight is 208 g/mol. The summed E-state index contributed by atoms with van der Waals surface area (Å²) >= 11 is 0. The zero-order chi connectivity index (χ0) is 11.3. The second kappa shape index (κ2) is 5.71. The Morgan fingerprint density at radius 2 is 2.13 bits per heavy atom. The maximum Gasteiger partial charge on any atom is 0.246 e. The minimum absolute atomic E-state index is 0.0649. The Morgan fingerprint density at radius 3 is 2.73 bits per heavy atom. The van der Waals surface area contributed by atoms with Gasteiger partial charge in [0.2, 0.25) is 5.91 Å². The van der Waals surface area contributed by atoms with Gasteiger partial charge in [0.05, 0.1) is 0 Å². The van der Waals surface area contributed by atoms with Gasteiger partial charge in [-0.25, -0.2) is 0 Å². The molecule has 0 aromatic heterocycles. The Kier molecular flexibility index (Phi) is 4.56. The van der Waals surface area contributed by atoms with Crippen LogP contribution in [0.5, 0.6) is 0 Å². The van der Waals surface area contributed by atoms with Gasteiger partial charge < -0.3 is 10.6 Å². The lowest BCUT2D eigenvalue weighted by Crippen LogP contribution is -2.48. The molecule has 1 rings (SSSR count). The molecule has 1 aliphatic heterocycles. The minimum Gasteiger partial charge on any atom is -0.337 e. The van der Waals surface area contributed by atoms with Crippen LogP contribution in [0.4, 0.5) is 0 Å². The highest BCUT2D eigenvalue weighted by atomic mass is 16.2. The highest BCUT2D eigenvalue weighted by molar-refractivity contribution is 5.88. The summed E-state index contributed by atoms with van der Waals surface area (Å²) in [5.41, 5.74) is 5.88. The average Bonchev–Trinajstić information content (AvgIpc) is 2.16. The second-order valence-electron chi connectivity index (χ2n) is 4.23. The Morgan fingerprint density at radius 1 is 1.40 bits per heavy atom. The van der Waals surface area contributed by atoms with E-state index in [1.165, 1.54) is 0 Å². The van der Waals surface area contributed by atoms with Gasteiger partial charge in [0.25, 0.3) is 0 Å². The third-order valence-electron chi connectivity index (χ3n) is 2.55. The third kappa shape index (κ3) is 3.88. The molecule has 1 fully saturated rings. The molecule has 1 aliphatic rings. The van der Waals surface area contributed by atoms with Crippen molar-refractivity contribution in [2.45, 2.75) is 26.3 Å². The predicted octanol–water partition coefficient (Wildman–Crippen LogP) is 1.31. The molecule has 3 nitrogen and oxygen atoms in total. The van der Waals surface area contributed by atoms with Crippen molar-refractivity contribution in [1.82, 2.24) is 4.90 Å². The summed E-state index contributed by atoms with van der Waals surface area (Å²) in [6.45, 7) is 5.57. The van der Waals surface area contributed by atoms with Gasteiger partial charge in [0.1, 0.15) is 0 Å². The van der Waals surface area contributed by atoms with Crippen molar-refractivity contribution in [1.29, 1.82) is 0 Å². The van der Waals surface area contributed by atoms with Crippen molar-refractivity contribution in [3.63, 3.8) is 0 Å². The summed E-state index contributed by atoms with van der Waals surface area (Å²) in [4.78, 5) is 13.5. The molecule has 0 bridgehead atoms. The lowest BCUT2D eigenvalue weighted by molar-refractivity contribution is -0.128. The van der Waals surface area contributed by atoms with Crippen LogP contribution in [-0.4, -0.2) is 29.9 Å². The van der Waals surface area contributed by atoms with Gasteiger partial charge in [0.15, 0.2) is 0 Å². The van der Waals surface area contributed by atoms with E-state index in [9.17, 15) is 4.79 Å². The molecule has 0 aromatic rings. The predicted molar refractivity (Wildman–Crippen MR) is 62.3 cm³/mol. The zero-order valence-corrected chi connectivity index (χ0v) is 9.52. The van der Waals surface area contributed by atoms with E-state index in [-0.39, 0.29) is 11.9 Å². The second-order valence-corrected chi connectivity index (χ2v) is 4.23. The fourth-order valence-electron chi connectivity index (χ4n) is 1.93. The number of nitrogens with two attached hydrogens (primary N) is 1. The number of rotatable bonds is 2. The van der Waals surface area contributed by atoms with Gasteiger partial charge in [-0.05, 0) is 19.3 Å². The summed E-state index contributed by atoms with van der Waals surface area (Å²) < 4.78 is 0. The molecule has 15 heavy (non-hydrogen) atoms. The quantitative estimate of drug-likeness (QED) is 0.549. The normalized spacial score (nSPS) is 27.8. The first-order chi connectivity index (χ1) is 7.13. The van der Waals surface area contributed by atoms with Crippen LogP contribution >= 0.6 is 0 Å². The maximum absolute atomic E-state index is 11.7. The highest BCUT2D eigenvalue weighted by Gasteiger charge is 2.24. The van der Waals surface area contributed by atoms with Crippen molar-refractivity contribution in [3.8, 4) is 0 Å². The molecule has 0 saturated carbocycles. The third-order valence-corrected chi connectivity index (χ3v) is 2.55. The summed E-state index contributed by atoms with van der Waals surface area (Å²) in [7, 11) is 0. The van der Waals surface area contributed by atoms with E-state index in [0.29, 0.717) is 12.5 Å². The number of hydrogen-bond acceptors (Lipinski definition) is 2. The Balaban J connectivity index is 2.51. The molecule has 0 aliphatic carbocycles. The van der Waals surface area contributed by atoms with Crippen LogP contribution in [0.1, 0.15) is 20.3 Å². The van der Waals surface area contributed by atoms with Crippen LogP contribution in [0, 0.1) is 5.92 Å². The molecular weight excluding hydrogens is 188 g/mol. The summed E-state index contributed by atoms with van der Waals surface area (Å²) in [6, 6.07) is 0.132. The van der Waals surface area contributed by atoms with Gasteiger partial charge in [-0.1, -0.05) is 25.2 Å². The Labute approximate surface area is 91.6 Å². The molecule has 1 saturated heterocycles. The van der Waals surface area contributed by atoms with Gasteiger partial charge >= 0.3 is 0 Å². The standard InChI is InChI=1S/C12H20N2O/c1-3-4-5-6-12(15)14-8-10(2)7-11(13)9-14/h3-6,10-11H,7-9,13H2,1-2H3. The minimum atomic E-state index is 0.0649. The highest BCUT2D eigenvalue weighted by Crippen LogP contribution is 2.15. The number of carbonyl (C=O) groups excluding carboxylic acids is 1. The van der Waals surface area contributed by atoms with Gasteiger partial charge in [0, 0.05) is 25.2 Å².